The van der Waals surface area contributed by atoms with Crippen molar-refractivity contribution in [3.05, 3.63) is 46.8 Å². The molecule has 3 aromatic rings. The topological polar surface area (TPSA) is 102 Å². The van der Waals surface area contributed by atoms with Crippen LogP contribution in [0.4, 0.5) is 5.82 Å². The number of nitrogens with zero attached hydrogens (tertiary/aromatic N) is 5. The first-order chi connectivity index (χ1) is 14.5. The standard InChI is InChI=1S/C21H24N6O2S/c1-4-26-19(15-7-8-15)24-25-21(26)30-12-18(28)23-20-17(10-22)13(2)14(3)27(20)11-16-6-5-9-29-16/h5-6,9,15H,4,7-8,11-12H2,1-3H3,(H,23,28). The summed E-state index contributed by atoms with van der Waals surface area (Å²) in [4.78, 5) is 12.7. The van der Waals surface area contributed by atoms with Crippen LogP contribution in [-0.2, 0) is 17.9 Å². The third-order valence-corrected chi connectivity index (χ3v) is 6.40. The van der Waals surface area contributed by atoms with Crippen molar-refractivity contribution in [2.24, 2.45) is 0 Å². The number of rotatable bonds is 8. The number of hydrogen-bond donors (Lipinski definition) is 1. The van der Waals surface area contributed by atoms with E-state index in [0.29, 0.717) is 23.8 Å². The lowest BCUT2D eigenvalue weighted by atomic mass is 10.2. The van der Waals surface area contributed by atoms with E-state index >= 15 is 0 Å². The Morgan fingerprint density at radius 1 is 1.37 bits per heavy atom. The number of aromatic nitrogens is 4. The Hall–Kier alpha value is -2.99. The van der Waals surface area contributed by atoms with E-state index < -0.39 is 0 Å². The summed E-state index contributed by atoms with van der Waals surface area (Å²) in [5, 5.41) is 21.9. The average Bonchev–Trinajstić information content (AvgIpc) is 3.21. The number of nitrogens with one attached hydrogen (secondary N) is 1. The highest BCUT2D eigenvalue weighted by Gasteiger charge is 2.30. The Labute approximate surface area is 179 Å². The van der Waals surface area contributed by atoms with Crippen LogP contribution in [0.1, 0.15) is 54.1 Å². The van der Waals surface area contributed by atoms with Crippen molar-refractivity contribution in [1.82, 2.24) is 19.3 Å². The van der Waals surface area contributed by atoms with E-state index in [0.717, 1.165) is 47.4 Å². The Balaban J connectivity index is 1.50. The molecule has 30 heavy (non-hydrogen) atoms. The number of thioether (sulfide) groups is 1. The van der Waals surface area contributed by atoms with Gasteiger partial charge >= 0.3 is 0 Å². The predicted molar refractivity (Wildman–Crippen MR) is 113 cm³/mol. The molecule has 3 heterocycles. The molecule has 0 saturated heterocycles. The van der Waals surface area contributed by atoms with Gasteiger partial charge in [0.25, 0.3) is 0 Å². The van der Waals surface area contributed by atoms with Crippen molar-refractivity contribution in [2.75, 3.05) is 11.1 Å². The number of carbonyl (C=O) groups excluding carboxylic acids is 1. The molecule has 1 amide bonds. The zero-order chi connectivity index (χ0) is 21.3. The molecule has 4 rings (SSSR count). The first-order valence-electron chi connectivity index (χ1n) is 10.0. The van der Waals surface area contributed by atoms with Crippen molar-refractivity contribution in [3.8, 4) is 6.07 Å². The monoisotopic (exact) mass is 424 g/mol. The summed E-state index contributed by atoms with van der Waals surface area (Å²) in [6.07, 6.45) is 3.93. The lowest BCUT2D eigenvalue weighted by Gasteiger charge is -2.12. The average molecular weight is 425 g/mol. The van der Waals surface area contributed by atoms with E-state index in [1.807, 2.05) is 30.5 Å². The minimum atomic E-state index is -0.187. The van der Waals surface area contributed by atoms with Crippen LogP contribution in [0.5, 0.6) is 0 Å². The molecule has 1 aliphatic rings. The molecular formula is C21H24N6O2S. The number of amides is 1. The largest absolute Gasteiger partial charge is 0.467 e. The van der Waals surface area contributed by atoms with Gasteiger partial charge in [0.05, 0.1) is 24.1 Å². The highest BCUT2D eigenvalue weighted by Crippen LogP contribution is 2.40. The zero-order valence-corrected chi connectivity index (χ0v) is 18.1. The summed E-state index contributed by atoms with van der Waals surface area (Å²) in [5.74, 6) is 2.79. The van der Waals surface area contributed by atoms with E-state index in [2.05, 4.69) is 33.1 Å². The number of hydrogen-bond acceptors (Lipinski definition) is 6. The summed E-state index contributed by atoms with van der Waals surface area (Å²) in [7, 11) is 0. The van der Waals surface area contributed by atoms with Crippen molar-refractivity contribution in [2.45, 2.75) is 57.8 Å². The molecular weight excluding hydrogens is 400 g/mol. The molecule has 1 N–H and O–H groups in total. The highest BCUT2D eigenvalue weighted by molar-refractivity contribution is 7.99. The fraction of sp³-hybridized carbons (Fsp3) is 0.429. The maximum absolute atomic E-state index is 12.7. The summed E-state index contributed by atoms with van der Waals surface area (Å²) in [6.45, 7) is 7.11. The fourth-order valence-corrected chi connectivity index (χ4v) is 4.34. The zero-order valence-electron chi connectivity index (χ0n) is 17.3. The molecule has 0 aliphatic heterocycles. The quantitative estimate of drug-likeness (QED) is 0.551. The first-order valence-corrected chi connectivity index (χ1v) is 11.0. The van der Waals surface area contributed by atoms with Gasteiger partial charge in [-0.15, -0.1) is 10.2 Å². The van der Waals surface area contributed by atoms with Crippen molar-refractivity contribution in [1.29, 1.82) is 5.26 Å². The highest BCUT2D eigenvalue weighted by atomic mass is 32.2. The predicted octanol–water partition coefficient (Wildman–Crippen LogP) is 3.84. The molecule has 8 nitrogen and oxygen atoms in total. The van der Waals surface area contributed by atoms with Crippen LogP contribution >= 0.6 is 11.8 Å². The van der Waals surface area contributed by atoms with Gasteiger partial charge < -0.3 is 18.9 Å². The maximum atomic E-state index is 12.7. The molecule has 1 aliphatic carbocycles. The van der Waals surface area contributed by atoms with Crippen LogP contribution in [-0.4, -0.2) is 31.0 Å². The van der Waals surface area contributed by atoms with Gasteiger partial charge in [-0.2, -0.15) is 5.26 Å². The van der Waals surface area contributed by atoms with Gasteiger partial charge in [-0.1, -0.05) is 11.8 Å². The Morgan fingerprint density at radius 3 is 2.80 bits per heavy atom. The van der Waals surface area contributed by atoms with E-state index in [-0.39, 0.29) is 11.7 Å². The minimum absolute atomic E-state index is 0.187. The summed E-state index contributed by atoms with van der Waals surface area (Å²) in [5.41, 5.74) is 2.25. The van der Waals surface area contributed by atoms with Crippen LogP contribution in [0, 0.1) is 25.2 Å². The number of furan rings is 1. The van der Waals surface area contributed by atoms with Crippen LogP contribution < -0.4 is 5.32 Å². The molecule has 0 radical (unpaired) electrons. The summed E-state index contributed by atoms with van der Waals surface area (Å²) in [6, 6.07) is 5.92. The number of anilines is 1. The van der Waals surface area contributed by atoms with Crippen molar-refractivity contribution in [3.63, 3.8) is 0 Å². The van der Waals surface area contributed by atoms with E-state index in [4.69, 9.17) is 4.42 Å². The third kappa shape index (κ3) is 3.87. The van der Waals surface area contributed by atoms with Gasteiger partial charge in [0.1, 0.15) is 23.5 Å². The van der Waals surface area contributed by atoms with Crippen molar-refractivity contribution < 1.29 is 9.21 Å². The molecule has 3 aromatic heterocycles. The van der Waals surface area contributed by atoms with Crippen LogP contribution in [0.15, 0.2) is 28.0 Å². The second-order valence-corrected chi connectivity index (χ2v) is 8.35. The first kappa shape index (κ1) is 20.3. The van der Waals surface area contributed by atoms with Gasteiger partial charge in [0.2, 0.25) is 5.91 Å². The second-order valence-electron chi connectivity index (χ2n) is 7.41. The fourth-order valence-electron chi connectivity index (χ4n) is 3.53. The number of carbonyl (C=O) groups is 1. The Morgan fingerprint density at radius 2 is 2.17 bits per heavy atom. The molecule has 9 heteroatoms. The van der Waals surface area contributed by atoms with Crippen LogP contribution in [0.25, 0.3) is 0 Å². The van der Waals surface area contributed by atoms with Gasteiger partial charge in [-0.05, 0) is 51.3 Å². The molecule has 0 spiro atoms. The smallest absolute Gasteiger partial charge is 0.235 e. The number of nitriles is 1. The van der Waals surface area contributed by atoms with E-state index in [1.165, 1.54) is 11.8 Å². The molecule has 1 fully saturated rings. The second kappa shape index (κ2) is 8.40. The lowest BCUT2D eigenvalue weighted by molar-refractivity contribution is -0.113. The molecule has 1 saturated carbocycles. The molecule has 0 unspecified atom stereocenters. The molecule has 0 aromatic carbocycles. The van der Waals surface area contributed by atoms with Crippen molar-refractivity contribution >= 4 is 23.5 Å². The van der Waals surface area contributed by atoms with Gasteiger partial charge in [-0.25, -0.2) is 0 Å². The molecule has 0 atom stereocenters. The van der Waals surface area contributed by atoms with Gasteiger partial charge in [0, 0.05) is 18.2 Å². The van der Waals surface area contributed by atoms with E-state index in [9.17, 15) is 10.1 Å². The van der Waals surface area contributed by atoms with Gasteiger partial charge in [0.15, 0.2) is 5.16 Å². The molecule has 156 valence electrons. The summed E-state index contributed by atoms with van der Waals surface area (Å²) < 4.78 is 9.45. The third-order valence-electron chi connectivity index (χ3n) is 5.43. The normalized spacial score (nSPS) is 13.4. The SMILES string of the molecule is CCn1c(SCC(=O)Nc2c(C#N)c(C)c(C)n2Cc2ccco2)nnc1C1CC1. The Kier molecular flexibility index (Phi) is 5.68. The minimum Gasteiger partial charge on any atom is -0.467 e. The Bertz CT molecular complexity index is 1100. The van der Waals surface area contributed by atoms with E-state index in [1.54, 1.807) is 6.26 Å². The molecule has 0 bridgehead atoms. The van der Waals surface area contributed by atoms with Crippen LogP contribution in [0.3, 0.4) is 0 Å². The summed E-state index contributed by atoms with van der Waals surface area (Å²) >= 11 is 1.37. The maximum Gasteiger partial charge on any atom is 0.235 e. The van der Waals surface area contributed by atoms with Crippen LogP contribution in [0.2, 0.25) is 0 Å². The van der Waals surface area contributed by atoms with Gasteiger partial charge in [-0.3, -0.25) is 4.79 Å². The lowest BCUT2D eigenvalue weighted by Crippen LogP contribution is -2.19.